The molecular formula is C18H17BF4OS. The Morgan fingerprint density at radius 3 is 1.76 bits per heavy atom. The number of benzene rings is 2. The molecule has 1 unspecified atom stereocenters. The van der Waals surface area contributed by atoms with Crippen LogP contribution in [0.1, 0.15) is 18.1 Å². The van der Waals surface area contributed by atoms with Gasteiger partial charge in [-0.1, -0.05) is 48.5 Å². The molecule has 1 aliphatic heterocycles. The van der Waals surface area contributed by atoms with E-state index < -0.39 is 7.25 Å². The van der Waals surface area contributed by atoms with E-state index >= 15 is 0 Å². The third-order valence-electron chi connectivity index (χ3n) is 3.55. The van der Waals surface area contributed by atoms with Gasteiger partial charge in [-0.05, 0) is 24.6 Å². The van der Waals surface area contributed by atoms with E-state index in [1.165, 1.54) is 10.5 Å². The molecule has 0 aromatic heterocycles. The minimum atomic E-state index is -6.00. The Bertz CT molecular complexity index is 739. The number of halogens is 4. The second kappa shape index (κ2) is 8.38. The Morgan fingerprint density at radius 1 is 0.880 bits per heavy atom. The van der Waals surface area contributed by atoms with E-state index in [1.54, 1.807) is 0 Å². The van der Waals surface area contributed by atoms with Crippen molar-refractivity contribution in [1.82, 2.24) is 0 Å². The van der Waals surface area contributed by atoms with E-state index in [1.807, 2.05) is 48.5 Å². The Morgan fingerprint density at radius 2 is 1.32 bits per heavy atom. The van der Waals surface area contributed by atoms with Crippen molar-refractivity contribution < 1.29 is 22.1 Å². The van der Waals surface area contributed by atoms with Gasteiger partial charge in [0.05, 0.1) is 5.57 Å². The molecule has 0 radical (unpaired) electrons. The van der Waals surface area contributed by atoms with Crippen molar-refractivity contribution in [2.45, 2.75) is 6.92 Å². The van der Waals surface area contributed by atoms with Crippen LogP contribution >= 0.6 is 0 Å². The largest absolute Gasteiger partial charge is 0.673 e. The fraction of sp³-hybridized carbons (Fsp3) is 0.167. The zero-order valence-electron chi connectivity index (χ0n) is 13.6. The molecule has 0 fully saturated rings. The number of hydrogen-bond donors (Lipinski definition) is 0. The molecule has 0 amide bonds. The van der Waals surface area contributed by atoms with E-state index in [-0.39, 0.29) is 10.9 Å². The van der Waals surface area contributed by atoms with Gasteiger partial charge in [0.25, 0.3) is 0 Å². The maximum absolute atomic E-state index is 12.5. The SMILES string of the molecule is CC[S+]1CC(=O)C(c2ccccc2)=C1c1ccccc1.F[B-](F)(F)F. The number of hydrogen-bond acceptors (Lipinski definition) is 1. The summed E-state index contributed by atoms with van der Waals surface area (Å²) in [7, 11) is -5.95. The van der Waals surface area contributed by atoms with Gasteiger partial charge in [-0.2, -0.15) is 0 Å². The summed E-state index contributed by atoms with van der Waals surface area (Å²) in [5.41, 5.74) is 3.18. The number of ketones is 1. The summed E-state index contributed by atoms with van der Waals surface area (Å²) in [5.74, 6) is 2.00. The predicted octanol–water partition coefficient (Wildman–Crippen LogP) is 5.08. The maximum Gasteiger partial charge on any atom is 0.673 e. The highest BCUT2D eigenvalue weighted by atomic mass is 32.2. The van der Waals surface area contributed by atoms with Crippen LogP contribution in [-0.2, 0) is 15.7 Å². The third-order valence-corrected chi connectivity index (χ3v) is 5.87. The normalized spacial score (nSPS) is 17.3. The molecular weight excluding hydrogens is 351 g/mol. The summed E-state index contributed by atoms with van der Waals surface area (Å²) < 4.78 is 39.0. The van der Waals surface area contributed by atoms with Crippen molar-refractivity contribution in [1.29, 1.82) is 0 Å². The lowest BCUT2D eigenvalue weighted by atomic mass is 10.00. The van der Waals surface area contributed by atoms with E-state index in [9.17, 15) is 22.1 Å². The summed E-state index contributed by atoms with van der Waals surface area (Å²) in [4.78, 5) is 13.7. The van der Waals surface area contributed by atoms with Crippen molar-refractivity contribution in [3.05, 3.63) is 71.8 Å². The van der Waals surface area contributed by atoms with Crippen LogP contribution in [0.3, 0.4) is 0 Å². The minimum absolute atomic E-state index is 0.0464. The molecule has 1 atom stereocenters. The lowest BCUT2D eigenvalue weighted by molar-refractivity contribution is -0.111. The standard InChI is InChI=1S/C18H17OS.BF4/c1-2-20-13-16(19)17(14-9-5-3-6-10-14)18(20)15-11-7-4-8-12-15;2-1(3,4)5/h3-12H,2,13H2,1H3;/q+1;-1. The zero-order chi connectivity index (χ0) is 18.4. The first kappa shape index (κ1) is 19.3. The van der Waals surface area contributed by atoms with Crippen LogP contribution < -0.4 is 0 Å². The van der Waals surface area contributed by atoms with Gasteiger partial charge in [-0.25, -0.2) is 0 Å². The summed E-state index contributed by atoms with van der Waals surface area (Å²) in [6.07, 6.45) is 0. The van der Waals surface area contributed by atoms with E-state index in [0.717, 1.165) is 16.9 Å². The summed E-state index contributed by atoms with van der Waals surface area (Å²) in [5, 5.41) is 0. The zero-order valence-corrected chi connectivity index (χ0v) is 14.4. The number of carbonyl (C=O) groups is 1. The lowest BCUT2D eigenvalue weighted by Gasteiger charge is -2.05. The average Bonchev–Trinajstić information content (AvgIpc) is 2.91. The average molecular weight is 368 g/mol. The molecule has 2 aromatic carbocycles. The van der Waals surface area contributed by atoms with Crippen LogP contribution in [0.25, 0.3) is 10.5 Å². The molecule has 0 saturated heterocycles. The van der Waals surface area contributed by atoms with E-state index in [4.69, 9.17) is 0 Å². The molecule has 0 spiro atoms. The first-order valence-electron chi connectivity index (χ1n) is 7.74. The van der Waals surface area contributed by atoms with Crippen LogP contribution in [0.4, 0.5) is 17.3 Å². The molecule has 1 heterocycles. The van der Waals surface area contributed by atoms with E-state index in [0.29, 0.717) is 11.5 Å². The molecule has 132 valence electrons. The van der Waals surface area contributed by atoms with Gasteiger partial charge < -0.3 is 17.3 Å². The van der Waals surface area contributed by atoms with Gasteiger partial charge in [0.2, 0.25) is 5.78 Å². The highest BCUT2D eigenvalue weighted by molar-refractivity contribution is 8.07. The third kappa shape index (κ3) is 5.49. The number of carbonyl (C=O) groups excluding carboxylic acids is 1. The molecule has 25 heavy (non-hydrogen) atoms. The van der Waals surface area contributed by atoms with Crippen molar-refractivity contribution >= 4 is 34.4 Å². The number of allylic oxidation sites excluding steroid dienone is 1. The molecule has 7 heteroatoms. The van der Waals surface area contributed by atoms with Gasteiger partial charge in [-0.15, -0.1) is 0 Å². The quantitative estimate of drug-likeness (QED) is 0.420. The lowest BCUT2D eigenvalue weighted by Crippen LogP contribution is -2.10. The topological polar surface area (TPSA) is 17.1 Å². The molecule has 0 bridgehead atoms. The number of Topliss-reactive ketones (excluding diaryl/α,β-unsaturated/α-hetero) is 1. The smallest absolute Gasteiger partial charge is 0.418 e. The van der Waals surface area contributed by atoms with Crippen molar-refractivity contribution in [3.63, 3.8) is 0 Å². The molecule has 3 rings (SSSR count). The van der Waals surface area contributed by atoms with Gasteiger partial charge >= 0.3 is 7.25 Å². The van der Waals surface area contributed by atoms with Crippen molar-refractivity contribution in [2.24, 2.45) is 0 Å². The van der Waals surface area contributed by atoms with Gasteiger partial charge in [0.1, 0.15) is 5.75 Å². The molecule has 0 aliphatic carbocycles. The van der Waals surface area contributed by atoms with Crippen molar-refractivity contribution in [3.8, 4) is 0 Å². The summed E-state index contributed by atoms with van der Waals surface area (Å²) in [6.45, 7) is 2.17. The van der Waals surface area contributed by atoms with Crippen molar-refractivity contribution in [2.75, 3.05) is 11.5 Å². The van der Waals surface area contributed by atoms with Crippen LogP contribution in [-0.4, -0.2) is 24.5 Å². The Balaban J connectivity index is 0.000000399. The second-order valence-corrected chi connectivity index (χ2v) is 7.54. The van der Waals surface area contributed by atoms with Crippen LogP contribution in [0.2, 0.25) is 0 Å². The molecule has 0 saturated carbocycles. The monoisotopic (exact) mass is 368 g/mol. The Labute approximate surface area is 147 Å². The predicted molar refractivity (Wildman–Crippen MR) is 97.7 cm³/mol. The summed E-state index contributed by atoms with van der Waals surface area (Å²) >= 11 is 0. The van der Waals surface area contributed by atoms with Crippen LogP contribution in [0, 0.1) is 0 Å². The molecule has 0 N–H and O–H groups in total. The molecule has 1 aliphatic rings. The van der Waals surface area contributed by atoms with Gasteiger partial charge in [0, 0.05) is 16.5 Å². The highest BCUT2D eigenvalue weighted by Crippen LogP contribution is 2.38. The fourth-order valence-corrected chi connectivity index (χ4v) is 4.71. The fourth-order valence-electron chi connectivity index (χ4n) is 2.62. The first-order valence-corrected chi connectivity index (χ1v) is 9.30. The summed E-state index contributed by atoms with van der Waals surface area (Å²) in [6, 6.07) is 20.4. The minimum Gasteiger partial charge on any atom is -0.418 e. The Kier molecular flexibility index (Phi) is 6.48. The second-order valence-electron chi connectivity index (χ2n) is 5.28. The molecule has 1 nitrogen and oxygen atoms in total. The van der Waals surface area contributed by atoms with Crippen LogP contribution in [0.15, 0.2) is 60.7 Å². The Hall–Kier alpha value is -2.02. The van der Waals surface area contributed by atoms with Gasteiger partial charge in [-0.3, -0.25) is 4.79 Å². The van der Waals surface area contributed by atoms with E-state index in [2.05, 4.69) is 19.1 Å². The van der Waals surface area contributed by atoms with Crippen LogP contribution in [0.5, 0.6) is 0 Å². The maximum atomic E-state index is 12.5. The number of rotatable bonds is 3. The highest BCUT2D eigenvalue weighted by Gasteiger charge is 2.41. The molecule has 2 aromatic rings. The first-order chi connectivity index (χ1) is 11.8. The van der Waals surface area contributed by atoms with Gasteiger partial charge in [0.15, 0.2) is 10.7 Å².